The van der Waals surface area contributed by atoms with E-state index in [1.54, 1.807) is 6.07 Å². The summed E-state index contributed by atoms with van der Waals surface area (Å²) in [5.41, 5.74) is 7.39. The predicted molar refractivity (Wildman–Crippen MR) is 81.8 cm³/mol. The van der Waals surface area contributed by atoms with E-state index in [0.29, 0.717) is 16.8 Å². The SMILES string of the molecule is CCC1(CC)CC(Nc2ccc(N)cc2Cl)CCO1. The van der Waals surface area contributed by atoms with Gasteiger partial charge in [-0.3, -0.25) is 0 Å². The minimum absolute atomic E-state index is 0.0240. The van der Waals surface area contributed by atoms with Crippen molar-refractivity contribution in [3.05, 3.63) is 23.2 Å². The Morgan fingerprint density at radius 1 is 1.42 bits per heavy atom. The highest BCUT2D eigenvalue weighted by atomic mass is 35.5. The van der Waals surface area contributed by atoms with Gasteiger partial charge in [0.15, 0.2) is 0 Å². The number of nitrogens with one attached hydrogen (secondary N) is 1. The molecule has 1 unspecified atom stereocenters. The number of hydrogen-bond donors (Lipinski definition) is 2. The fraction of sp³-hybridized carbons (Fsp3) is 0.600. The summed E-state index contributed by atoms with van der Waals surface area (Å²) in [5.74, 6) is 0. The molecule has 0 saturated carbocycles. The van der Waals surface area contributed by atoms with Crippen molar-refractivity contribution in [3.8, 4) is 0 Å². The first-order chi connectivity index (χ1) is 9.08. The van der Waals surface area contributed by atoms with E-state index in [-0.39, 0.29) is 5.60 Å². The Morgan fingerprint density at radius 3 is 2.79 bits per heavy atom. The molecule has 19 heavy (non-hydrogen) atoms. The van der Waals surface area contributed by atoms with E-state index >= 15 is 0 Å². The number of ether oxygens (including phenoxy) is 1. The number of anilines is 2. The molecule has 3 N–H and O–H groups in total. The van der Waals surface area contributed by atoms with Crippen LogP contribution in [0.2, 0.25) is 5.02 Å². The van der Waals surface area contributed by atoms with Crippen LogP contribution in [0.15, 0.2) is 18.2 Å². The van der Waals surface area contributed by atoms with Gasteiger partial charge in [0.2, 0.25) is 0 Å². The first kappa shape index (κ1) is 14.5. The van der Waals surface area contributed by atoms with Crippen molar-refractivity contribution in [2.24, 2.45) is 0 Å². The second-order valence-corrected chi connectivity index (χ2v) is 5.72. The second kappa shape index (κ2) is 6.02. The number of nitrogens with two attached hydrogens (primary N) is 1. The van der Waals surface area contributed by atoms with Crippen molar-refractivity contribution in [2.75, 3.05) is 17.7 Å². The number of benzene rings is 1. The average molecular weight is 283 g/mol. The largest absolute Gasteiger partial charge is 0.399 e. The van der Waals surface area contributed by atoms with E-state index in [0.717, 1.165) is 38.0 Å². The van der Waals surface area contributed by atoms with E-state index in [1.807, 2.05) is 12.1 Å². The standard InChI is InChI=1S/C15H23ClN2O/c1-3-15(4-2)10-12(7-8-19-15)18-14-6-5-11(17)9-13(14)16/h5-6,9,12,18H,3-4,7-8,10,17H2,1-2H3. The fourth-order valence-electron chi connectivity index (χ4n) is 2.76. The molecule has 0 aromatic heterocycles. The third kappa shape index (κ3) is 3.34. The van der Waals surface area contributed by atoms with E-state index < -0.39 is 0 Å². The Bertz CT molecular complexity index is 432. The molecule has 1 atom stereocenters. The molecule has 1 heterocycles. The number of halogens is 1. The first-order valence-corrected chi connectivity index (χ1v) is 7.42. The molecule has 1 aromatic rings. The summed E-state index contributed by atoms with van der Waals surface area (Å²) in [4.78, 5) is 0. The Morgan fingerprint density at radius 2 is 2.16 bits per heavy atom. The van der Waals surface area contributed by atoms with E-state index in [9.17, 15) is 0 Å². The summed E-state index contributed by atoms with van der Waals surface area (Å²) in [5, 5.41) is 4.22. The number of hydrogen-bond acceptors (Lipinski definition) is 3. The summed E-state index contributed by atoms with van der Waals surface area (Å²) in [6, 6.07) is 6.03. The normalized spacial score (nSPS) is 22.2. The predicted octanol–water partition coefficient (Wildman–Crippen LogP) is 4.07. The van der Waals surface area contributed by atoms with Gasteiger partial charge in [-0.25, -0.2) is 0 Å². The van der Waals surface area contributed by atoms with Crippen LogP contribution in [0.3, 0.4) is 0 Å². The van der Waals surface area contributed by atoms with Crippen LogP contribution in [-0.4, -0.2) is 18.2 Å². The molecule has 0 aliphatic carbocycles. The lowest BCUT2D eigenvalue weighted by Gasteiger charge is -2.40. The van der Waals surface area contributed by atoms with Crippen LogP contribution in [0.25, 0.3) is 0 Å². The number of nitrogen functional groups attached to an aromatic ring is 1. The number of rotatable bonds is 4. The van der Waals surface area contributed by atoms with Crippen molar-refractivity contribution in [1.82, 2.24) is 0 Å². The van der Waals surface area contributed by atoms with Gasteiger partial charge in [-0.15, -0.1) is 0 Å². The lowest BCUT2D eigenvalue weighted by molar-refractivity contribution is -0.0864. The molecule has 0 radical (unpaired) electrons. The van der Waals surface area contributed by atoms with E-state index in [2.05, 4.69) is 19.2 Å². The Balaban J connectivity index is 2.06. The van der Waals surface area contributed by atoms with Crippen molar-refractivity contribution >= 4 is 23.0 Å². The van der Waals surface area contributed by atoms with E-state index in [4.69, 9.17) is 22.1 Å². The summed E-state index contributed by atoms with van der Waals surface area (Å²) in [7, 11) is 0. The van der Waals surface area contributed by atoms with Crippen LogP contribution in [0.5, 0.6) is 0 Å². The quantitative estimate of drug-likeness (QED) is 0.818. The third-order valence-corrected chi connectivity index (χ3v) is 4.45. The molecule has 1 aliphatic heterocycles. The van der Waals surface area contributed by atoms with Crippen LogP contribution in [-0.2, 0) is 4.74 Å². The molecule has 0 bridgehead atoms. The van der Waals surface area contributed by atoms with Crippen LogP contribution >= 0.6 is 11.6 Å². The second-order valence-electron chi connectivity index (χ2n) is 5.31. The summed E-state index contributed by atoms with van der Waals surface area (Å²) >= 11 is 6.21. The lowest BCUT2D eigenvalue weighted by atomic mass is 9.86. The first-order valence-electron chi connectivity index (χ1n) is 7.04. The summed E-state index contributed by atoms with van der Waals surface area (Å²) < 4.78 is 5.99. The molecule has 3 nitrogen and oxygen atoms in total. The van der Waals surface area contributed by atoms with Gasteiger partial charge in [-0.05, 0) is 43.9 Å². The summed E-state index contributed by atoms with van der Waals surface area (Å²) in [6.45, 7) is 5.20. The molecule has 1 aliphatic rings. The third-order valence-electron chi connectivity index (χ3n) is 4.13. The zero-order valence-corrected chi connectivity index (χ0v) is 12.5. The molecular weight excluding hydrogens is 260 g/mol. The zero-order valence-electron chi connectivity index (χ0n) is 11.7. The molecule has 2 rings (SSSR count). The smallest absolute Gasteiger partial charge is 0.0696 e. The van der Waals surface area contributed by atoms with Crippen molar-refractivity contribution in [1.29, 1.82) is 0 Å². The summed E-state index contributed by atoms with van der Waals surface area (Å²) in [6.07, 6.45) is 4.15. The highest BCUT2D eigenvalue weighted by Gasteiger charge is 2.34. The van der Waals surface area contributed by atoms with Gasteiger partial charge in [0, 0.05) is 18.3 Å². The maximum atomic E-state index is 6.21. The van der Waals surface area contributed by atoms with Crippen LogP contribution < -0.4 is 11.1 Å². The molecular formula is C15H23ClN2O. The minimum atomic E-state index is 0.0240. The molecule has 1 aromatic carbocycles. The van der Waals surface area contributed by atoms with E-state index in [1.165, 1.54) is 0 Å². The van der Waals surface area contributed by atoms with Crippen molar-refractivity contribution < 1.29 is 4.74 Å². The lowest BCUT2D eigenvalue weighted by Crippen LogP contribution is -2.43. The van der Waals surface area contributed by atoms with Crippen LogP contribution in [0.4, 0.5) is 11.4 Å². The monoisotopic (exact) mass is 282 g/mol. The molecule has 106 valence electrons. The fourth-order valence-corrected chi connectivity index (χ4v) is 3.01. The van der Waals surface area contributed by atoms with Gasteiger partial charge in [0.1, 0.15) is 0 Å². The van der Waals surface area contributed by atoms with Crippen molar-refractivity contribution in [2.45, 2.75) is 51.2 Å². The van der Waals surface area contributed by atoms with Gasteiger partial charge in [-0.2, -0.15) is 0 Å². The maximum Gasteiger partial charge on any atom is 0.0696 e. The highest BCUT2D eigenvalue weighted by molar-refractivity contribution is 6.33. The topological polar surface area (TPSA) is 47.3 Å². The molecule has 0 amide bonds. The van der Waals surface area contributed by atoms with Crippen molar-refractivity contribution in [3.63, 3.8) is 0 Å². The highest BCUT2D eigenvalue weighted by Crippen LogP contribution is 2.34. The molecule has 4 heteroatoms. The van der Waals surface area contributed by atoms with Crippen LogP contribution in [0.1, 0.15) is 39.5 Å². The molecule has 0 spiro atoms. The van der Waals surface area contributed by atoms with Gasteiger partial charge < -0.3 is 15.8 Å². The van der Waals surface area contributed by atoms with Crippen LogP contribution in [0, 0.1) is 0 Å². The average Bonchev–Trinajstić information content (AvgIpc) is 2.42. The molecule has 1 saturated heterocycles. The maximum absolute atomic E-state index is 6.21. The molecule has 1 fully saturated rings. The van der Waals surface area contributed by atoms with Gasteiger partial charge in [0.05, 0.1) is 16.3 Å². The zero-order chi connectivity index (χ0) is 13.9. The van der Waals surface area contributed by atoms with Gasteiger partial charge in [0.25, 0.3) is 0 Å². The minimum Gasteiger partial charge on any atom is -0.399 e. The van der Waals surface area contributed by atoms with Gasteiger partial charge >= 0.3 is 0 Å². The Labute approximate surface area is 120 Å². The Hall–Kier alpha value is -0.930. The van der Waals surface area contributed by atoms with Gasteiger partial charge in [-0.1, -0.05) is 25.4 Å². The Kier molecular flexibility index (Phi) is 4.58.